The maximum Gasteiger partial charge on any atom is 0.270 e. The fraction of sp³-hybridized carbons (Fsp3) is 0.400. The molecule has 29 heavy (non-hydrogen) atoms. The highest BCUT2D eigenvalue weighted by Crippen LogP contribution is 2.22. The topological polar surface area (TPSA) is 33.0 Å². The van der Waals surface area contributed by atoms with Gasteiger partial charge in [0.05, 0.1) is 0 Å². The van der Waals surface area contributed by atoms with Crippen LogP contribution in [0, 0.1) is 0 Å². The van der Waals surface area contributed by atoms with Gasteiger partial charge in [0.1, 0.15) is 0 Å². The average molecular weight is 410 g/mol. The molecule has 2 aromatic rings. The number of aromatic nitrogens is 1. The average Bonchev–Trinajstić information content (AvgIpc) is 2.71. The van der Waals surface area contributed by atoms with Gasteiger partial charge < -0.3 is 5.32 Å². The predicted octanol–water partition coefficient (Wildman–Crippen LogP) is 5.31. The summed E-state index contributed by atoms with van der Waals surface area (Å²) in [6.07, 6.45) is 6.70. The Labute approximate surface area is 180 Å². The van der Waals surface area contributed by atoms with Crippen LogP contribution in [0.1, 0.15) is 74.5 Å². The summed E-state index contributed by atoms with van der Waals surface area (Å²) >= 11 is 5.59. The highest BCUT2D eigenvalue weighted by atomic mass is 32.1. The number of thiocarbonyl (C=S) groups is 1. The Morgan fingerprint density at radius 3 is 2.24 bits per heavy atom. The van der Waals surface area contributed by atoms with E-state index in [1.54, 1.807) is 6.08 Å². The second-order valence-electron chi connectivity index (χ2n) is 8.52. The molecule has 0 unspecified atom stereocenters. The molecule has 0 bridgehead atoms. The molecule has 0 saturated carbocycles. The first kappa shape index (κ1) is 23.0. The summed E-state index contributed by atoms with van der Waals surface area (Å²) in [5.74, 6) is 0.459. The van der Waals surface area contributed by atoms with Crippen molar-refractivity contribution in [1.82, 2.24) is 5.32 Å². The Hall–Kier alpha value is -2.33. The minimum atomic E-state index is -0.589. The maximum atomic E-state index is 13.4. The molecule has 0 amide bonds. The monoisotopic (exact) mass is 409 g/mol. The van der Waals surface area contributed by atoms with Gasteiger partial charge in [0.25, 0.3) is 6.04 Å². The minimum Gasteiger partial charge on any atom is -0.370 e. The number of hydrogen-bond donors (Lipinski definition) is 1. The molecule has 4 heteroatoms. The van der Waals surface area contributed by atoms with Crippen molar-refractivity contribution >= 4 is 23.0 Å². The van der Waals surface area contributed by atoms with E-state index >= 15 is 0 Å². The molecule has 0 radical (unpaired) electrons. The molecule has 2 rings (SSSR count). The molecule has 0 spiro atoms. The summed E-state index contributed by atoms with van der Waals surface area (Å²) in [5.41, 5.74) is 3.17. The van der Waals surface area contributed by atoms with Gasteiger partial charge in [-0.3, -0.25) is 4.79 Å². The number of nitrogens with one attached hydrogen (secondary N) is 1. The van der Waals surface area contributed by atoms with Crippen molar-refractivity contribution in [2.24, 2.45) is 0 Å². The third kappa shape index (κ3) is 5.83. The van der Waals surface area contributed by atoms with Gasteiger partial charge in [0.15, 0.2) is 17.4 Å². The van der Waals surface area contributed by atoms with E-state index in [1.165, 1.54) is 11.1 Å². The van der Waals surface area contributed by atoms with Crippen molar-refractivity contribution in [3.63, 3.8) is 0 Å². The first-order valence-electron chi connectivity index (χ1n) is 10.2. The van der Waals surface area contributed by atoms with Crippen LogP contribution in [0.25, 0.3) is 0 Å². The van der Waals surface area contributed by atoms with Crippen LogP contribution in [0.3, 0.4) is 0 Å². The predicted molar refractivity (Wildman–Crippen MR) is 125 cm³/mol. The van der Waals surface area contributed by atoms with E-state index in [9.17, 15) is 4.79 Å². The van der Waals surface area contributed by atoms with Gasteiger partial charge in [-0.25, -0.2) is 0 Å². The molecule has 1 N–H and O–H groups in total. The lowest BCUT2D eigenvalue weighted by Crippen LogP contribution is -2.51. The number of nitrogens with zero attached hydrogens (tertiary/aromatic N) is 1. The zero-order valence-corrected chi connectivity index (χ0v) is 19.1. The fourth-order valence-electron chi connectivity index (χ4n) is 3.14. The Kier molecular flexibility index (Phi) is 7.86. The molecule has 0 aliphatic heterocycles. The molecule has 0 saturated heterocycles. The van der Waals surface area contributed by atoms with Gasteiger partial charge in [-0.15, -0.1) is 6.58 Å². The zero-order chi connectivity index (χ0) is 21.6. The molecule has 3 nitrogen and oxygen atoms in total. The lowest BCUT2D eigenvalue weighted by atomic mass is 9.88. The van der Waals surface area contributed by atoms with Gasteiger partial charge in [-0.05, 0) is 28.9 Å². The third-order valence-corrected chi connectivity index (χ3v) is 5.68. The number of ketones is 1. The van der Waals surface area contributed by atoms with Crippen molar-refractivity contribution in [2.45, 2.75) is 58.4 Å². The van der Waals surface area contributed by atoms with Crippen molar-refractivity contribution in [3.8, 4) is 0 Å². The molecule has 2 atom stereocenters. The van der Waals surface area contributed by atoms with Crippen LogP contribution >= 0.6 is 12.2 Å². The quantitative estimate of drug-likeness (QED) is 0.277. The van der Waals surface area contributed by atoms with E-state index in [2.05, 4.69) is 58.6 Å². The third-order valence-electron chi connectivity index (χ3n) is 5.31. The number of carbonyl (C=O) groups is 1. The zero-order valence-electron chi connectivity index (χ0n) is 18.2. The van der Waals surface area contributed by atoms with E-state index in [0.717, 1.165) is 6.42 Å². The summed E-state index contributed by atoms with van der Waals surface area (Å²) in [5, 5.41) is 3.14. The molecular weight excluding hydrogens is 376 g/mol. The number of Topliss-reactive ketones (excluding diaryl/α,β-unsaturated/α-hetero) is 1. The Morgan fingerprint density at radius 1 is 1.17 bits per heavy atom. The summed E-state index contributed by atoms with van der Waals surface area (Å²) in [7, 11) is 0. The van der Waals surface area contributed by atoms with Crippen molar-refractivity contribution in [2.75, 3.05) is 6.54 Å². The van der Waals surface area contributed by atoms with E-state index in [-0.39, 0.29) is 11.2 Å². The highest BCUT2D eigenvalue weighted by Gasteiger charge is 2.33. The van der Waals surface area contributed by atoms with Crippen LogP contribution in [-0.2, 0) is 5.41 Å². The Balaban J connectivity index is 2.38. The van der Waals surface area contributed by atoms with Crippen LogP contribution in [0.5, 0.6) is 0 Å². The van der Waals surface area contributed by atoms with Crippen LogP contribution in [-0.4, -0.2) is 17.3 Å². The van der Waals surface area contributed by atoms with E-state index < -0.39 is 6.04 Å². The van der Waals surface area contributed by atoms with Crippen LogP contribution in [0.2, 0.25) is 0 Å². The number of carbonyl (C=O) groups excluding carboxylic acids is 1. The smallest absolute Gasteiger partial charge is 0.270 e. The molecule has 1 aromatic carbocycles. The normalized spacial score (nSPS) is 13.4. The van der Waals surface area contributed by atoms with Crippen molar-refractivity contribution in [1.29, 1.82) is 0 Å². The van der Waals surface area contributed by atoms with Crippen molar-refractivity contribution < 1.29 is 9.36 Å². The van der Waals surface area contributed by atoms with Gasteiger partial charge in [0.2, 0.25) is 5.78 Å². The molecule has 0 aliphatic rings. The van der Waals surface area contributed by atoms with Gasteiger partial charge >= 0.3 is 0 Å². The summed E-state index contributed by atoms with van der Waals surface area (Å²) in [4.78, 5) is 13.9. The van der Waals surface area contributed by atoms with E-state index in [0.29, 0.717) is 23.0 Å². The molecular formula is C25H33N2OS+. The SMILES string of the molecule is C=CCNC(=S)[C@@H](C(=O)c1ccc([C@H](C)CC)cc1)[n+]1ccc(C(C)(C)C)cc1. The summed E-state index contributed by atoms with van der Waals surface area (Å²) in [6, 6.07) is 11.4. The van der Waals surface area contributed by atoms with Crippen LogP contribution in [0.4, 0.5) is 0 Å². The number of rotatable bonds is 8. The summed E-state index contributed by atoms with van der Waals surface area (Å²) in [6.45, 7) is 15.1. The van der Waals surface area contributed by atoms with Crippen LogP contribution < -0.4 is 9.88 Å². The first-order valence-corrected chi connectivity index (χ1v) is 10.6. The van der Waals surface area contributed by atoms with Crippen LogP contribution in [0.15, 0.2) is 61.4 Å². The second kappa shape index (κ2) is 9.93. The van der Waals surface area contributed by atoms with Gasteiger partial charge in [0, 0.05) is 24.2 Å². The number of benzene rings is 1. The fourth-order valence-corrected chi connectivity index (χ4v) is 3.45. The molecule has 1 aromatic heterocycles. The molecule has 0 fully saturated rings. The minimum absolute atomic E-state index is 0.0178. The molecule has 154 valence electrons. The largest absolute Gasteiger partial charge is 0.370 e. The van der Waals surface area contributed by atoms with Gasteiger partial charge in [-0.1, -0.05) is 77.2 Å². The maximum absolute atomic E-state index is 13.4. The first-order chi connectivity index (χ1) is 13.7. The highest BCUT2D eigenvalue weighted by molar-refractivity contribution is 7.80. The summed E-state index contributed by atoms with van der Waals surface area (Å²) < 4.78 is 1.89. The van der Waals surface area contributed by atoms with Crippen molar-refractivity contribution in [3.05, 3.63) is 78.1 Å². The van der Waals surface area contributed by atoms with E-state index in [4.69, 9.17) is 12.2 Å². The molecule has 1 heterocycles. The van der Waals surface area contributed by atoms with Gasteiger partial charge in [-0.2, -0.15) is 4.57 Å². The molecule has 0 aliphatic carbocycles. The standard InChI is InChI=1S/C25H32N2OS/c1-7-15-26-24(29)22(27-16-13-21(14-17-27)25(4,5)6)23(28)20-11-9-19(10-12-20)18(3)8-2/h7,9-14,16-18,22H,1,8,15H2,2-6H3/p+1/t18-,22-/m1/s1. The Bertz CT molecular complexity index is 848. The number of hydrogen-bond acceptors (Lipinski definition) is 2. The van der Waals surface area contributed by atoms with E-state index in [1.807, 2.05) is 41.2 Å². The lowest BCUT2D eigenvalue weighted by Gasteiger charge is -2.19. The second-order valence-corrected chi connectivity index (χ2v) is 8.96. The Morgan fingerprint density at radius 2 is 1.76 bits per heavy atom. The number of pyridine rings is 1. The lowest BCUT2D eigenvalue weighted by molar-refractivity contribution is -0.692.